The summed E-state index contributed by atoms with van der Waals surface area (Å²) in [5, 5.41) is 22.0. The first-order valence-corrected chi connectivity index (χ1v) is 18.4. The zero-order chi connectivity index (χ0) is 33.9. The molecule has 258 valence electrons. The zero-order valence-corrected chi connectivity index (χ0v) is 29.6. The molecule has 0 aliphatic heterocycles. The SMILES string of the molecule is CC(C)N(CCNC(=O)[C@]12CCCC1[C@H]1CCC3[C@@](C)(CCC4C(C)(C)C(c5ccc(C(=O)O)cc5)=CC[C@@]43C)C1CC2)CC(=O)O. The number of carboxylic acids is 2. The topological polar surface area (TPSA) is 107 Å². The van der Waals surface area contributed by atoms with E-state index in [0.29, 0.717) is 48.2 Å². The van der Waals surface area contributed by atoms with Crippen LogP contribution in [0.2, 0.25) is 0 Å². The first-order valence-electron chi connectivity index (χ1n) is 18.4. The van der Waals surface area contributed by atoms with Gasteiger partial charge in [0.2, 0.25) is 5.91 Å². The molecule has 47 heavy (non-hydrogen) atoms. The minimum atomic E-state index is -0.882. The second kappa shape index (κ2) is 12.3. The molecule has 1 amide bonds. The number of benzene rings is 1. The summed E-state index contributed by atoms with van der Waals surface area (Å²) >= 11 is 0. The molecule has 0 heterocycles. The van der Waals surface area contributed by atoms with Crippen LogP contribution in [0, 0.1) is 51.2 Å². The summed E-state index contributed by atoms with van der Waals surface area (Å²) in [6.07, 6.45) is 13.9. The number of carbonyl (C=O) groups excluding carboxylic acids is 1. The lowest BCUT2D eigenvalue weighted by Crippen LogP contribution is -2.62. The number of fused-ring (bicyclic) bond motifs is 7. The number of rotatable bonds is 9. The molecule has 0 bridgehead atoms. The molecule has 1 aromatic carbocycles. The van der Waals surface area contributed by atoms with E-state index in [2.05, 4.69) is 39.1 Å². The molecule has 1 aromatic rings. The summed E-state index contributed by atoms with van der Waals surface area (Å²) in [6, 6.07) is 7.60. The highest BCUT2D eigenvalue weighted by Gasteiger charge is 2.66. The molecular weight excluding hydrogens is 588 g/mol. The van der Waals surface area contributed by atoms with Crippen LogP contribution in [0.3, 0.4) is 0 Å². The van der Waals surface area contributed by atoms with Crippen LogP contribution in [0.25, 0.3) is 5.57 Å². The fourth-order valence-electron chi connectivity index (χ4n) is 12.7. The van der Waals surface area contributed by atoms with E-state index < -0.39 is 11.9 Å². The Morgan fingerprint density at radius 3 is 2.26 bits per heavy atom. The van der Waals surface area contributed by atoms with Gasteiger partial charge in [-0.1, -0.05) is 52.3 Å². The van der Waals surface area contributed by atoms with E-state index in [-0.39, 0.29) is 40.2 Å². The van der Waals surface area contributed by atoms with Crippen molar-refractivity contribution >= 4 is 23.4 Å². The summed E-state index contributed by atoms with van der Waals surface area (Å²) in [4.78, 5) is 38.8. The van der Waals surface area contributed by atoms with Crippen molar-refractivity contribution in [3.63, 3.8) is 0 Å². The maximum Gasteiger partial charge on any atom is 0.335 e. The third-order valence-electron chi connectivity index (χ3n) is 14.7. The van der Waals surface area contributed by atoms with Crippen molar-refractivity contribution in [2.45, 2.75) is 112 Å². The second-order valence-electron chi connectivity index (χ2n) is 17.3. The summed E-state index contributed by atoms with van der Waals surface area (Å²) in [5.41, 5.74) is 3.08. The lowest BCUT2D eigenvalue weighted by Gasteiger charge is -2.68. The zero-order valence-electron chi connectivity index (χ0n) is 29.6. The normalized spacial score (nSPS) is 37.3. The highest BCUT2D eigenvalue weighted by atomic mass is 16.4. The van der Waals surface area contributed by atoms with Crippen molar-refractivity contribution in [2.75, 3.05) is 19.6 Å². The van der Waals surface area contributed by atoms with Crippen LogP contribution >= 0.6 is 0 Å². The van der Waals surface area contributed by atoms with Crippen LogP contribution in [0.4, 0.5) is 0 Å². The fraction of sp³-hybridized carbons (Fsp3) is 0.725. The van der Waals surface area contributed by atoms with Crippen molar-refractivity contribution < 1.29 is 24.6 Å². The van der Waals surface area contributed by atoms with Crippen molar-refractivity contribution in [3.8, 4) is 0 Å². The predicted molar refractivity (Wildman–Crippen MR) is 185 cm³/mol. The molecule has 3 N–H and O–H groups in total. The average Bonchev–Trinajstić information content (AvgIpc) is 3.46. The monoisotopic (exact) mass is 646 g/mol. The number of nitrogens with zero attached hydrogens (tertiary/aromatic N) is 1. The Labute approximate surface area is 282 Å². The van der Waals surface area contributed by atoms with Crippen molar-refractivity contribution in [1.29, 1.82) is 0 Å². The number of allylic oxidation sites excluding steroid dienone is 2. The molecule has 4 saturated carbocycles. The highest BCUT2D eigenvalue weighted by Crippen LogP contribution is 2.73. The number of hydrogen-bond donors (Lipinski definition) is 3. The third kappa shape index (κ3) is 5.56. The molecule has 0 aromatic heterocycles. The highest BCUT2D eigenvalue weighted by molar-refractivity contribution is 5.88. The van der Waals surface area contributed by atoms with Gasteiger partial charge in [-0.3, -0.25) is 14.5 Å². The van der Waals surface area contributed by atoms with E-state index in [1.54, 1.807) is 12.1 Å². The molecular formula is C40H58N2O5. The van der Waals surface area contributed by atoms with Gasteiger partial charge in [0.25, 0.3) is 0 Å². The predicted octanol–water partition coefficient (Wildman–Crippen LogP) is 7.75. The van der Waals surface area contributed by atoms with E-state index in [4.69, 9.17) is 0 Å². The Morgan fingerprint density at radius 1 is 0.872 bits per heavy atom. The number of carboxylic acid groups (broad SMARTS) is 2. The van der Waals surface area contributed by atoms with Gasteiger partial charge < -0.3 is 15.5 Å². The van der Waals surface area contributed by atoms with Gasteiger partial charge in [0, 0.05) is 19.1 Å². The first-order chi connectivity index (χ1) is 22.1. The molecule has 5 aliphatic carbocycles. The van der Waals surface area contributed by atoms with E-state index >= 15 is 0 Å². The van der Waals surface area contributed by atoms with Crippen molar-refractivity contribution in [2.24, 2.45) is 51.2 Å². The fourth-order valence-corrected chi connectivity index (χ4v) is 12.7. The summed E-state index contributed by atoms with van der Waals surface area (Å²) in [6.45, 7) is 15.1. The van der Waals surface area contributed by atoms with E-state index in [9.17, 15) is 24.6 Å². The van der Waals surface area contributed by atoms with Gasteiger partial charge in [0.05, 0.1) is 17.5 Å². The largest absolute Gasteiger partial charge is 0.480 e. The minimum Gasteiger partial charge on any atom is -0.480 e. The van der Waals surface area contributed by atoms with Crippen molar-refractivity contribution in [1.82, 2.24) is 10.2 Å². The molecule has 5 aliphatic rings. The van der Waals surface area contributed by atoms with Gasteiger partial charge in [-0.15, -0.1) is 0 Å². The Bertz CT molecular complexity index is 1420. The Balaban J connectivity index is 1.19. The van der Waals surface area contributed by atoms with Crippen LogP contribution in [0.15, 0.2) is 30.3 Å². The number of nitrogens with one attached hydrogen (secondary N) is 1. The van der Waals surface area contributed by atoms with Crippen LogP contribution in [-0.4, -0.2) is 58.6 Å². The number of carbonyl (C=O) groups is 3. The first kappa shape index (κ1) is 34.2. The molecule has 0 radical (unpaired) electrons. The van der Waals surface area contributed by atoms with Gasteiger partial charge in [0.15, 0.2) is 0 Å². The molecule has 6 rings (SSSR count). The van der Waals surface area contributed by atoms with Gasteiger partial charge >= 0.3 is 11.9 Å². The van der Waals surface area contributed by atoms with E-state index in [0.717, 1.165) is 44.1 Å². The summed E-state index contributed by atoms with van der Waals surface area (Å²) in [7, 11) is 0. The molecule has 8 atom stereocenters. The molecule has 7 nitrogen and oxygen atoms in total. The average molecular weight is 647 g/mol. The van der Waals surface area contributed by atoms with Crippen LogP contribution in [-0.2, 0) is 9.59 Å². The maximum absolute atomic E-state index is 14.0. The van der Waals surface area contributed by atoms with Gasteiger partial charge in [-0.05, 0) is 141 Å². The molecule has 4 unspecified atom stereocenters. The number of hydrogen-bond acceptors (Lipinski definition) is 4. The smallest absolute Gasteiger partial charge is 0.335 e. The number of aromatic carboxylic acids is 1. The van der Waals surface area contributed by atoms with Crippen LogP contribution in [0.5, 0.6) is 0 Å². The van der Waals surface area contributed by atoms with Crippen molar-refractivity contribution in [3.05, 3.63) is 41.5 Å². The quantitative estimate of drug-likeness (QED) is 0.253. The number of amides is 1. The Kier molecular flexibility index (Phi) is 8.98. The molecule has 0 saturated heterocycles. The standard InChI is InChI=1S/C40H58N2O5/c1-25(2)42(24-34(43)44)23-22-41-36(47)40-18-7-8-31(40)28-13-14-33-38(5,30(28)16-21-40)20-17-32-37(3,4)29(15-19-39(32,33)6)26-9-11-27(12-10-26)35(45)46/h9-12,15,25,28,30-33H,7-8,13-14,16-24H2,1-6H3,(H,41,47)(H,43,44)(H,45,46)/t28-,30?,31?,32?,33?,38-,39-,40-/m0/s1. The van der Waals surface area contributed by atoms with E-state index in [1.165, 1.54) is 31.3 Å². The summed E-state index contributed by atoms with van der Waals surface area (Å²) < 4.78 is 0. The lowest BCUT2D eigenvalue weighted by atomic mass is 9.36. The Hall–Kier alpha value is -2.67. The van der Waals surface area contributed by atoms with E-state index in [1.807, 2.05) is 30.9 Å². The maximum atomic E-state index is 14.0. The molecule has 7 heteroatoms. The molecule has 0 spiro atoms. The minimum absolute atomic E-state index is 0.00123. The van der Waals surface area contributed by atoms with Crippen LogP contribution in [0.1, 0.15) is 122 Å². The van der Waals surface area contributed by atoms with Gasteiger partial charge in [-0.25, -0.2) is 4.79 Å². The lowest BCUT2D eigenvalue weighted by molar-refractivity contribution is -0.181. The van der Waals surface area contributed by atoms with Gasteiger partial charge in [0.1, 0.15) is 0 Å². The second-order valence-corrected chi connectivity index (χ2v) is 17.3. The Morgan fingerprint density at radius 2 is 1.60 bits per heavy atom. The molecule has 4 fully saturated rings. The van der Waals surface area contributed by atoms with Gasteiger partial charge in [-0.2, -0.15) is 0 Å². The van der Waals surface area contributed by atoms with Crippen LogP contribution < -0.4 is 5.32 Å². The summed E-state index contributed by atoms with van der Waals surface area (Å²) in [5.74, 6) is 1.45. The number of aliphatic carboxylic acids is 1. The third-order valence-corrected chi connectivity index (χ3v) is 14.7.